The third kappa shape index (κ3) is 5.25. The van der Waals surface area contributed by atoms with Crippen LogP contribution in [-0.4, -0.2) is 36.1 Å². The first-order valence-corrected chi connectivity index (χ1v) is 9.65. The Labute approximate surface area is 133 Å². The van der Waals surface area contributed by atoms with Crippen molar-refractivity contribution in [1.29, 1.82) is 0 Å². The minimum atomic E-state index is 0.452. The molecule has 1 saturated carbocycles. The average Bonchev–Trinajstić information content (AvgIpc) is 3.30. The fourth-order valence-electron chi connectivity index (χ4n) is 3.99. The Hall–Kier alpha value is -0.0800. The van der Waals surface area contributed by atoms with Crippen LogP contribution in [0.15, 0.2) is 0 Å². The van der Waals surface area contributed by atoms with Gasteiger partial charge in [-0.25, -0.2) is 0 Å². The molecule has 2 rings (SSSR count). The van der Waals surface area contributed by atoms with Crippen LogP contribution >= 0.6 is 0 Å². The summed E-state index contributed by atoms with van der Waals surface area (Å²) in [6, 6.07) is 0.672. The van der Waals surface area contributed by atoms with Crippen molar-refractivity contribution in [2.75, 3.05) is 19.6 Å². The zero-order valence-corrected chi connectivity index (χ0v) is 14.8. The van der Waals surface area contributed by atoms with E-state index in [0.29, 0.717) is 11.6 Å². The first-order valence-electron chi connectivity index (χ1n) is 9.65. The highest BCUT2D eigenvalue weighted by Gasteiger charge is 2.47. The van der Waals surface area contributed by atoms with Gasteiger partial charge in [0.05, 0.1) is 0 Å². The molecule has 0 aromatic heterocycles. The lowest BCUT2D eigenvalue weighted by Gasteiger charge is -2.48. The van der Waals surface area contributed by atoms with Gasteiger partial charge in [0.2, 0.25) is 0 Å². The first-order chi connectivity index (χ1) is 10.2. The van der Waals surface area contributed by atoms with Crippen LogP contribution in [0.4, 0.5) is 0 Å². The molecule has 2 heteroatoms. The van der Waals surface area contributed by atoms with Gasteiger partial charge in [0.15, 0.2) is 0 Å². The Morgan fingerprint density at radius 3 is 2.24 bits per heavy atom. The van der Waals surface area contributed by atoms with Gasteiger partial charge in [-0.2, -0.15) is 0 Å². The molecule has 0 bridgehead atoms. The Bertz CT molecular complexity index is 287. The summed E-state index contributed by atoms with van der Waals surface area (Å²) >= 11 is 0. The van der Waals surface area contributed by atoms with Crippen LogP contribution in [-0.2, 0) is 0 Å². The van der Waals surface area contributed by atoms with E-state index in [1.54, 1.807) is 0 Å². The maximum atomic E-state index is 3.71. The molecule has 124 valence electrons. The van der Waals surface area contributed by atoms with Crippen LogP contribution in [0.3, 0.4) is 0 Å². The topological polar surface area (TPSA) is 15.3 Å². The van der Waals surface area contributed by atoms with E-state index < -0.39 is 0 Å². The summed E-state index contributed by atoms with van der Waals surface area (Å²) < 4.78 is 0. The van der Waals surface area contributed by atoms with E-state index in [2.05, 4.69) is 31.0 Å². The van der Waals surface area contributed by atoms with Gasteiger partial charge in [-0.1, -0.05) is 51.9 Å². The minimum absolute atomic E-state index is 0.452. The highest BCUT2D eigenvalue weighted by Crippen LogP contribution is 2.44. The summed E-state index contributed by atoms with van der Waals surface area (Å²) in [5.74, 6) is 0.964. The fraction of sp³-hybridized carbons (Fsp3) is 1.00. The highest BCUT2D eigenvalue weighted by molar-refractivity contribution is 5.04. The molecular formula is C19H38N2. The van der Waals surface area contributed by atoms with Crippen molar-refractivity contribution < 1.29 is 0 Å². The maximum absolute atomic E-state index is 3.71. The molecule has 2 aliphatic rings. The van der Waals surface area contributed by atoms with Crippen LogP contribution in [0.2, 0.25) is 0 Å². The molecule has 1 saturated heterocycles. The predicted molar refractivity (Wildman–Crippen MR) is 92.8 cm³/mol. The molecule has 0 radical (unpaired) electrons. The molecule has 2 nitrogen and oxygen atoms in total. The number of rotatable bonds is 10. The summed E-state index contributed by atoms with van der Waals surface area (Å²) in [6.07, 6.45) is 14.4. The van der Waals surface area contributed by atoms with Gasteiger partial charge in [-0.05, 0) is 45.6 Å². The van der Waals surface area contributed by atoms with Gasteiger partial charge in [-0.3, -0.25) is 4.90 Å². The van der Waals surface area contributed by atoms with Crippen molar-refractivity contribution >= 4 is 0 Å². The van der Waals surface area contributed by atoms with E-state index >= 15 is 0 Å². The van der Waals surface area contributed by atoms with E-state index in [9.17, 15) is 0 Å². The Morgan fingerprint density at radius 2 is 1.62 bits per heavy atom. The van der Waals surface area contributed by atoms with E-state index in [4.69, 9.17) is 0 Å². The van der Waals surface area contributed by atoms with E-state index in [1.807, 2.05) is 0 Å². The van der Waals surface area contributed by atoms with Crippen molar-refractivity contribution in [2.24, 2.45) is 5.92 Å². The molecular weight excluding hydrogens is 256 g/mol. The summed E-state index contributed by atoms with van der Waals surface area (Å²) in [7, 11) is 0. The lowest BCUT2D eigenvalue weighted by Crippen LogP contribution is -2.63. The first kappa shape index (κ1) is 17.3. The number of hydrogen-bond donors (Lipinski definition) is 1. The fourth-order valence-corrected chi connectivity index (χ4v) is 3.99. The van der Waals surface area contributed by atoms with Crippen molar-refractivity contribution in [3.8, 4) is 0 Å². The molecule has 1 N–H and O–H groups in total. The lowest BCUT2D eigenvalue weighted by molar-refractivity contribution is 0.0369. The molecule has 1 heterocycles. The summed E-state index contributed by atoms with van der Waals surface area (Å²) in [5.41, 5.74) is 0.452. The SMILES string of the molecule is CCCCCCCCCCN1CC(C)NCC1(C)C1CC1. The average molecular weight is 295 g/mol. The zero-order chi connectivity index (χ0) is 15.1. The molecule has 1 aliphatic carbocycles. The number of hydrogen-bond acceptors (Lipinski definition) is 2. The van der Waals surface area contributed by atoms with E-state index in [1.165, 1.54) is 83.8 Å². The molecule has 0 aromatic carbocycles. The maximum Gasteiger partial charge on any atom is 0.0334 e. The molecule has 2 atom stereocenters. The summed E-state index contributed by atoms with van der Waals surface area (Å²) in [4.78, 5) is 2.82. The van der Waals surface area contributed by atoms with Gasteiger partial charge >= 0.3 is 0 Å². The summed E-state index contributed by atoms with van der Waals surface area (Å²) in [5, 5.41) is 3.71. The standard InChI is InChI=1S/C19H38N2/c1-4-5-6-7-8-9-10-11-14-21-15-17(2)20-16-19(21,3)18-12-13-18/h17-18,20H,4-16H2,1-3H3. The van der Waals surface area contributed by atoms with Crippen LogP contribution in [0.5, 0.6) is 0 Å². The van der Waals surface area contributed by atoms with Crippen molar-refractivity contribution in [2.45, 2.75) is 96.6 Å². The highest BCUT2D eigenvalue weighted by atomic mass is 15.3. The number of piperazine rings is 1. The Kier molecular flexibility index (Phi) is 7.01. The third-order valence-corrected chi connectivity index (χ3v) is 5.76. The van der Waals surface area contributed by atoms with E-state index in [-0.39, 0.29) is 0 Å². The monoisotopic (exact) mass is 294 g/mol. The lowest BCUT2D eigenvalue weighted by atomic mass is 9.89. The molecule has 1 aliphatic heterocycles. The third-order valence-electron chi connectivity index (χ3n) is 5.76. The molecule has 21 heavy (non-hydrogen) atoms. The second-order valence-electron chi connectivity index (χ2n) is 7.83. The number of nitrogens with one attached hydrogen (secondary N) is 1. The molecule has 2 fully saturated rings. The normalized spacial score (nSPS) is 30.7. The summed E-state index contributed by atoms with van der Waals surface area (Å²) in [6.45, 7) is 10.9. The molecule has 0 amide bonds. The van der Waals surface area contributed by atoms with Crippen LogP contribution in [0, 0.1) is 5.92 Å². The predicted octanol–water partition coefficient (Wildman–Crippen LogP) is 4.59. The van der Waals surface area contributed by atoms with Gasteiger partial charge in [0.25, 0.3) is 0 Å². The number of nitrogens with zero attached hydrogens (tertiary/aromatic N) is 1. The zero-order valence-electron chi connectivity index (χ0n) is 14.8. The van der Waals surface area contributed by atoms with Gasteiger partial charge in [0, 0.05) is 24.7 Å². The Balaban J connectivity index is 1.61. The van der Waals surface area contributed by atoms with Crippen LogP contribution < -0.4 is 5.32 Å². The smallest absolute Gasteiger partial charge is 0.0334 e. The Morgan fingerprint density at radius 1 is 1.00 bits per heavy atom. The second kappa shape index (κ2) is 8.53. The van der Waals surface area contributed by atoms with Crippen LogP contribution in [0.1, 0.15) is 85.0 Å². The van der Waals surface area contributed by atoms with Gasteiger partial charge in [0.1, 0.15) is 0 Å². The molecule has 2 unspecified atom stereocenters. The largest absolute Gasteiger partial charge is 0.311 e. The second-order valence-corrected chi connectivity index (χ2v) is 7.83. The molecule has 0 spiro atoms. The quantitative estimate of drug-likeness (QED) is 0.593. The van der Waals surface area contributed by atoms with Crippen molar-refractivity contribution in [3.05, 3.63) is 0 Å². The number of unbranched alkanes of at least 4 members (excludes halogenated alkanes) is 7. The minimum Gasteiger partial charge on any atom is -0.311 e. The molecule has 0 aromatic rings. The van der Waals surface area contributed by atoms with E-state index in [0.717, 1.165) is 5.92 Å². The van der Waals surface area contributed by atoms with Crippen LogP contribution in [0.25, 0.3) is 0 Å². The van der Waals surface area contributed by atoms with Crippen molar-refractivity contribution in [3.63, 3.8) is 0 Å². The van der Waals surface area contributed by atoms with Gasteiger partial charge < -0.3 is 5.32 Å². The van der Waals surface area contributed by atoms with Gasteiger partial charge in [-0.15, -0.1) is 0 Å². The van der Waals surface area contributed by atoms with Crippen molar-refractivity contribution in [1.82, 2.24) is 10.2 Å².